The largest absolute Gasteiger partial charge is 0.481 e. The van der Waals surface area contributed by atoms with Crippen LogP contribution in [0.1, 0.15) is 22.8 Å². The average Bonchev–Trinajstić information content (AvgIpc) is 2.77. The number of ether oxygens (including phenoxy) is 2. The van der Waals surface area contributed by atoms with Crippen LogP contribution in [0.5, 0.6) is 11.5 Å². The number of benzene rings is 3. The number of amides is 1. The van der Waals surface area contributed by atoms with E-state index >= 15 is 0 Å². The highest BCUT2D eigenvalue weighted by molar-refractivity contribution is 9.10. The van der Waals surface area contributed by atoms with Gasteiger partial charge in [0.2, 0.25) is 0 Å². The Morgan fingerprint density at radius 1 is 0.933 bits per heavy atom. The smallest absolute Gasteiger partial charge is 0.343 e. The Bertz CT molecular complexity index is 1020. The third-order valence-electron chi connectivity index (χ3n) is 3.98. The van der Waals surface area contributed by atoms with E-state index in [1.165, 1.54) is 6.21 Å². The molecule has 0 radical (unpaired) electrons. The summed E-state index contributed by atoms with van der Waals surface area (Å²) in [5, 5.41) is 3.94. The normalized spacial score (nSPS) is 11.7. The average molecular weight is 467 g/mol. The van der Waals surface area contributed by atoms with Crippen molar-refractivity contribution in [1.29, 1.82) is 0 Å². The molecule has 0 spiro atoms. The Hall–Kier alpha value is -3.45. The van der Waals surface area contributed by atoms with Crippen molar-refractivity contribution in [3.63, 3.8) is 0 Å². The highest BCUT2D eigenvalue weighted by Gasteiger charge is 2.13. The number of carbonyl (C=O) groups excluding carboxylic acids is 2. The van der Waals surface area contributed by atoms with Crippen LogP contribution in [0.15, 0.2) is 88.4 Å². The SMILES string of the molecule is C[C@H](Oc1ccc(Br)cc1)C(=O)N/N=C\c1ccc(OC(=O)c2ccccc2)cc1. The third-order valence-corrected chi connectivity index (χ3v) is 4.51. The van der Waals surface area contributed by atoms with Crippen LogP contribution >= 0.6 is 15.9 Å². The first-order valence-electron chi connectivity index (χ1n) is 9.14. The summed E-state index contributed by atoms with van der Waals surface area (Å²) in [4.78, 5) is 24.1. The predicted octanol–water partition coefficient (Wildman–Crippen LogP) is 4.59. The molecular weight excluding hydrogens is 448 g/mol. The molecule has 0 bridgehead atoms. The van der Waals surface area contributed by atoms with Crippen molar-refractivity contribution >= 4 is 34.0 Å². The molecule has 0 aliphatic rings. The van der Waals surface area contributed by atoms with E-state index in [1.54, 1.807) is 67.6 Å². The van der Waals surface area contributed by atoms with Crippen LogP contribution in [-0.2, 0) is 4.79 Å². The van der Waals surface area contributed by atoms with E-state index in [0.717, 1.165) is 10.0 Å². The van der Waals surface area contributed by atoms with Gasteiger partial charge in [0.1, 0.15) is 11.5 Å². The Labute approximate surface area is 182 Å². The van der Waals surface area contributed by atoms with Crippen molar-refractivity contribution in [1.82, 2.24) is 5.43 Å². The molecule has 1 atom stereocenters. The maximum absolute atomic E-state index is 12.1. The summed E-state index contributed by atoms with van der Waals surface area (Å²) >= 11 is 3.35. The standard InChI is InChI=1S/C23H19BrN2O4/c1-16(29-20-13-9-19(24)10-14-20)22(27)26-25-15-17-7-11-21(12-8-17)30-23(28)18-5-3-2-4-6-18/h2-16H,1H3,(H,26,27)/b25-15-/t16-/m0/s1. The molecule has 3 rings (SSSR count). The molecule has 0 fully saturated rings. The summed E-state index contributed by atoms with van der Waals surface area (Å²) < 4.78 is 11.8. The molecule has 0 aliphatic heterocycles. The fraction of sp³-hybridized carbons (Fsp3) is 0.0870. The maximum atomic E-state index is 12.1. The molecule has 0 aromatic heterocycles. The Balaban J connectivity index is 1.49. The first-order valence-corrected chi connectivity index (χ1v) is 9.93. The van der Waals surface area contributed by atoms with Gasteiger partial charge in [-0.2, -0.15) is 5.10 Å². The van der Waals surface area contributed by atoms with Crippen LogP contribution in [0.2, 0.25) is 0 Å². The number of hydrazone groups is 1. The van der Waals surface area contributed by atoms with Gasteiger partial charge in [0.05, 0.1) is 11.8 Å². The lowest BCUT2D eigenvalue weighted by Crippen LogP contribution is -2.33. The fourth-order valence-corrected chi connectivity index (χ4v) is 2.66. The van der Waals surface area contributed by atoms with E-state index in [2.05, 4.69) is 26.5 Å². The molecule has 1 amide bonds. The topological polar surface area (TPSA) is 77.0 Å². The van der Waals surface area contributed by atoms with Gasteiger partial charge in [0.15, 0.2) is 6.10 Å². The third kappa shape index (κ3) is 6.28. The number of esters is 1. The van der Waals surface area contributed by atoms with Gasteiger partial charge in [-0.05, 0) is 73.2 Å². The van der Waals surface area contributed by atoms with Gasteiger partial charge in [-0.3, -0.25) is 4.79 Å². The lowest BCUT2D eigenvalue weighted by Gasteiger charge is -2.12. The van der Waals surface area contributed by atoms with Crippen LogP contribution in [0, 0.1) is 0 Å². The number of nitrogens with one attached hydrogen (secondary N) is 1. The van der Waals surface area contributed by atoms with Crippen molar-refractivity contribution in [2.24, 2.45) is 5.10 Å². The molecule has 3 aromatic carbocycles. The van der Waals surface area contributed by atoms with E-state index in [-0.39, 0.29) is 5.91 Å². The summed E-state index contributed by atoms with van der Waals surface area (Å²) in [7, 11) is 0. The lowest BCUT2D eigenvalue weighted by molar-refractivity contribution is -0.127. The number of carbonyl (C=O) groups is 2. The van der Waals surface area contributed by atoms with Crippen molar-refractivity contribution in [2.75, 3.05) is 0 Å². The van der Waals surface area contributed by atoms with Crippen LogP contribution in [0.3, 0.4) is 0 Å². The van der Waals surface area contributed by atoms with Gasteiger partial charge in [0, 0.05) is 4.47 Å². The number of hydrogen-bond donors (Lipinski definition) is 1. The summed E-state index contributed by atoms with van der Waals surface area (Å²) in [6, 6.07) is 22.7. The number of hydrogen-bond acceptors (Lipinski definition) is 5. The summed E-state index contributed by atoms with van der Waals surface area (Å²) in [5.74, 6) is 0.207. The Morgan fingerprint density at radius 2 is 1.57 bits per heavy atom. The molecule has 7 heteroatoms. The molecule has 0 aliphatic carbocycles. The number of rotatable bonds is 7. The zero-order valence-electron chi connectivity index (χ0n) is 16.1. The summed E-state index contributed by atoms with van der Waals surface area (Å²) in [6.07, 6.45) is 0.788. The highest BCUT2D eigenvalue weighted by atomic mass is 79.9. The predicted molar refractivity (Wildman–Crippen MR) is 118 cm³/mol. The van der Waals surface area contributed by atoms with Crippen molar-refractivity contribution in [2.45, 2.75) is 13.0 Å². The monoisotopic (exact) mass is 466 g/mol. The summed E-state index contributed by atoms with van der Waals surface area (Å²) in [6.45, 7) is 1.64. The molecule has 1 N–H and O–H groups in total. The molecule has 0 unspecified atom stereocenters. The quantitative estimate of drug-likeness (QED) is 0.239. The Kier molecular flexibility index (Phi) is 7.34. The van der Waals surface area contributed by atoms with E-state index in [4.69, 9.17) is 9.47 Å². The maximum Gasteiger partial charge on any atom is 0.343 e. The van der Waals surface area contributed by atoms with Crippen LogP contribution in [-0.4, -0.2) is 24.2 Å². The highest BCUT2D eigenvalue weighted by Crippen LogP contribution is 2.17. The second-order valence-corrected chi connectivity index (χ2v) is 7.19. The van der Waals surface area contributed by atoms with Gasteiger partial charge < -0.3 is 9.47 Å². The van der Waals surface area contributed by atoms with E-state index in [0.29, 0.717) is 17.1 Å². The minimum Gasteiger partial charge on any atom is -0.481 e. The molecule has 0 saturated carbocycles. The molecular formula is C23H19BrN2O4. The molecule has 0 saturated heterocycles. The number of nitrogens with zero attached hydrogens (tertiary/aromatic N) is 1. The second kappa shape index (κ2) is 10.4. The van der Waals surface area contributed by atoms with Gasteiger partial charge in [-0.1, -0.05) is 34.1 Å². The van der Waals surface area contributed by atoms with Gasteiger partial charge in [0.25, 0.3) is 5.91 Å². The molecule has 3 aromatic rings. The molecule has 0 heterocycles. The first kappa shape index (κ1) is 21.3. The van der Waals surface area contributed by atoms with Crippen molar-refractivity contribution in [3.8, 4) is 11.5 Å². The van der Waals surface area contributed by atoms with Crippen LogP contribution in [0.25, 0.3) is 0 Å². The van der Waals surface area contributed by atoms with E-state index in [1.807, 2.05) is 18.2 Å². The van der Waals surface area contributed by atoms with Crippen LogP contribution in [0.4, 0.5) is 0 Å². The summed E-state index contributed by atoms with van der Waals surface area (Å²) in [5.41, 5.74) is 3.65. The minimum atomic E-state index is -0.705. The molecule has 30 heavy (non-hydrogen) atoms. The lowest BCUT2D eigenvalue weighted by atomic mass is 10.2. The minimum absolute atomic E-state index is 0.373. The van der Waals surface area contributed by atoms with Crippen LogP contribution < -0.4 is 14.9 Å². The van der Waals surface area contributed by atoms with Gasteiger partial charge >= 0.3 is 5.97 Å². The van der Waals surface area contributed by atoms with Crippen molar-refractivity contribution in [3.05, 3.63) is 94.5 Å². The second-order valence-electron chi connectivity index (χ2n) is 6.27. The first-order chi connectivity index (χ1) is 14.5. The number of halogens is 1. The zero-order chi connectivity index (χ0) is 21.3. The fourth-order valence-electron chi connectivity index (χ4n) is 2.39. The van der Waals surface area contributed by atoms with Gasteiger partial charge in [-0.25, -0.2) is 10.2 Å². The Morgan fingerprint density at radius 3 is 2.23 bits per heavy atom. The van der Waals surface area contributed by atoms with E-state index < -0.39 is 12.1 Å². The molecule has 152 valence electrons. The van der Waals surface area contributed by atoms with E-state index in [9.17, 15) is 9.59 Å². The van der Waals surface area contributed by atoms with Gasteiger partial charge in [-0.15, -0.1) is 0 Å². The molecule has 6 nitrogen and oxygen atoms in total. The zero-order valence-corrected chi connectivity index (χ0v) is 17.7. The van der Waals surface area contributed by atoms with Crippen molar-refractivity contribution < 1.29 is 19.1 Å².